The summed E-state index contributed by atoms with van der Waals surface area (Å²) < 4.78 is 4.92. The van der Waals surface area contributed by atoms with Crippen molar-refractivity contribution >= 4 is 5.97 Å². The van der Waals surface area contributed by atoms with Crippen molar-refractivity contribution in [2.45, 2.75) is 33.1 Å². The van der Waals surface area contributed by atoms with Gasteiger partial charge >= 0.3 is 5.97 Å². The molecule has 0 unspecified atom stereocenters. The first-order valence-corrected chi connectivity index (χ1v) is 5.82. The second kappa shape index (κ2) is 9.93. The van der Waals surface area contributed by atoms with Crippen LogP contribution in [0.4, 0.5) is 0 Å². The molecule has 0 saturated heterocycles. The fourth-order valence-corrected chi connectivity index (χ4v) is 1.46. The zero-order valence-corrected chi connectivity index (χ0v) is 10.00. The van der Waals surface area contributed by atoms with E-state index in [1.165, 1.54) is 0 Å². The maximum atomic E-state index is 11.3. The van der Waals surface area contributed by atoms with Gasteiger partial charge in [-0.3, -0.25) is 9.69 Å². The minimum absolute atomic E-state index is 0.126. The number of rotatable bonds is 9. The predicted molar refractivity (Wildman–Crippen MR) is 61.7 cm³/mol. The van der Waals surface area contributed by atoms with E-state index in [0.29, 0.717) is 13.2 Å². The largest absolute Gasteiger partial charge is 0.465 e. The van der Waals surface area contributed by atoms with E-state index in [9.17, 15) is 4.79 Å². The van der Waals surface area contributed by atoms with Crippen LogP contribution < -0.4 is 5.73 Å². The minimum atomic E-state index is -0.126. The molecule has 0 bridgehead atoms. The Balaban J connectivity index is 3.75. The molecular formula is C11H24N2O2. The Hall–Kier alpha value is -0.610. The van der Waals surface area contributed by atoms with Crippen LogP contribution in [0.25, 0.3) is 0 Å². The van der Waals surface area contributed by atoms with Crippen LogP contribution in [0, 0.1) is 0 Å². The monoisotopic (exact) mass is 216 g/mol. The second-order valence-corrected chi connectivity index (χ2v) is 3.58. The van der Waals surface area contributed by atoms with Gasteiger partial charge < -0.3 is 10.5 Å². The van der Waals surface area contributed by atoms with Crippen LogP contribution in [0.3, 0.4) is 0 Å². The van der Waals surface area contributed by atoms with E-state index in [1.807, 2.05) is 6.92 Å². The van der Waals surface area contributed by atoms with Gasteiger partial charge in [-0.2, -0.15) is 0 Å². The summed E-state index contributed by atoms with van der Waals surface area (Å²) in [6.07, 6.45) is 3.13. The molecule has 0 atom stereocenters. The van der Waals surface area contributed by atoms with Crippen LogP contribution in [-0.2, 0) is 9.53 Å². The van der Waals surface area contributed by atoms with Gasteiger partial charge in [0.05, 0.1) is 13.2 Å². The highest BCUT2D eigenvalue weighted by atomic mass is 16.5. The molecule has 15 heavy (non-hydrogen) atoms. The van der Waals surface area contributed by atoms with E-state index in [4.69, 9.17) is 10.5 Å². The van der Waals surface area contributed by atoms with Crippen molar-refractivity contribution in [3.05, 3.63) is 0 Å². The van der Waals surface area contributed by atoms with Crippen LogP contribution in [0.15, 0.2) is 0 Å². The van der Waals surface area contributed by atoms with E-state index in [-0.39, 0.29) is 5.97 Å². The molecule has 0 heterocycles. The molecule has 0 spiro atoms. The number of carbonyl (C=O) groups excluding carboxylic acids is 1. The molecule has 0 amide bonds. The number of unbranched alkanes of at least 4 members (excludes halogenated alkanes) is 1. The Morgan fingerprint density at radius 2 is 2.00 bits per heavy atom. The number of esters is 1. The summed E-state index contributed by atoms with van der Waals surface area (Å²) in [7, 11) is 0. The zero-order chi connectivity index (χ0) is 11.5. The number of nitrogens with zero attached hydrogens (tertiary/aromatic N) is 1. The standard InChI is InChI=1S/C11H24N2O2/c1-3-8-13(9-6-5-7-12)10-11(14)15-4-2/h3-10,12H2,1-2H3. The molecule has 0 rings (SSSR count). The van der Waals surface area contributed by atoms with Gasteiger partial charge in [-0.15, -0.1) is 0 Å². The molecule has 0 aliphatic heterocycles. The van der Waals surface area contributed by atoms with Crippen molar-refractivity contribution in [1.82, 2.24) is 4.90 Å². The number of ether oxygens (including phenoxy) is 1. The average molecular weight is 216 g/mol. The van der Waals surface area contributed by atoms with Gasteiger partial charge in [0.1, 0.15) is 0 Å². The molecule has 90 valence electrons. The number of hydrogen-bond donors (Lipinski definition) is 1. The van der Waals surface area contributed by atoms with E-state index in [1.54, 1.807) is 0 Å². The summed E-state index contributed by atoms with van der Waals surface area (Å²) in [5.74, 6) is -0.126. The fraction of sp³-hybridized carbons (Fsp3) is 0.909. The van der Waals surface area contributed by atoms with Crippen LogP contribution in [0.5, 0.6) is 0 Å². The number of hydrogen-bond acceptors (Lipinski definition) is 4. The first-order valence-electron chi connectivity index (χ1n) is 5.82. The Morgan fingerprint density at radius 3 is 2.53 bits per heavy atom. The summed E-state index contributed by atoms with van der Waals surface area (Å²) in [5, 5.41) is 0. The molecule has 4 nitrogen and oxygen atoms in total. The third kappa shape index (κ3) is 8.39. The third-order valence-electron chi connectivity index (χ3n) is 2.13. The van der Waals surface area contributed by atoms with Gasteiger partial charge in [0.2, 0.25) is 0 Å². The van der Waals surface area contributed by atoms with E-state index >= 15 is 0 Å². The van der Waals surface area contributed by atoms with Gasteiger partial charge in [-0.1, -0.05) is 6.92 Å². The van der Waals surface area contributed by atoms with Gasteiger partial charge in [-0.25, -0.2) is 0 Å². The van der Waals surface area contributed by atoms with Crippen molar-refractivity contribution in [1.29, 1.82) is 0 Å². The Bertz CT molecular complexity index is 163. The molecule has 0 aliphatic rings. The first-order chi connectivity index (χ1) is 7.24. The molecule has 0 aromatic carbocycles. The summed E-state index contributed by atoms with van der Waals surface area (Å²) in [6, 6.07) is 0. The zero-order valence-electron chi connectivity index (χ0n) is 10.00. The lowest BCUT2D eigenvalue weighted by molar-refractivity contribution is -0.144. The molecule has 4 heteroatoms. The predicted octanol–water partition coefficient (Wildman–Crippen LogP) is 1.00. The van der Waals surface area contributed by atoms with E-state index in [2.05, 4.69) is 11.8 Å². The van der Waals surface area contributed by atoms with Crippen LogP contribution in [0.1, 0.15) is 33.1 Å². The summed E-state index contributed by atoms with van der Waals surface area (Å²) in [4.78, 5) is 13.4. The summed E-state index contributed by atoms with van der Waals surface area (Å²) >= 11 is 0. The molecule has 0 aromatic rings. The Morgan fingerprint density at radius 1 is 1.27 bits per heavy atom. The van der Waals surface area contributed by atoms with Gasteiger partial charge in [0, 0.05) is 0 Å². The lowest BCUT2D eigenvalue weighted by atomic mass is 10.3. The topological polar surface area (TPSA) is 55.6 Å². The summed E-state index contributed by atoms with van der Waals surface area (Å²) in [5.41, 5.74) is 5.43. The SMILES string of the molecule is CCCN(CCCCN)CC(=O)OCC. The van der Waals surface area contributed by atoms with E-state index < -0.39 is 0 Å². The first kappa shape index (κ1) is 14.4. The maximum Gasteiger partial charge on any atom is 0.320 e. The number of nitrogens with two attached hydrogens (primary N) is 1. The van der Waals surface area contributed by atoms with Crippen molar-refractivity contribution in [3.8, 4) is 0 Å². The summed E-state index contributed by atoms with van der Waals surface area (Å²) in [6.45, 7) is 7.41. The highest BCUT2D eigenvalue weighted by molar-refractivity contribution is 5.71. The van der Waals surface area contributed by atoms with Gasteiger partial charge in [0.15, 0.2) is 0 Å². The van der Waals surface area contributed by atoms with Crippen molar-refractivity contribution in [2.24, 2.45) is 5.73 Å². The van der Waals surface area contributed by atoms with E-state index in [0.717, 1.165) is 38.9 Å². The lowest BCUT2D eigenvalue weighted by Crippen LogP contribution is -2.32. The third-order valence-corrected chi connectivity index (χ3v) is 2.13. The highest BCUT2D eigenvalue weighted by Crippen LogP contribution is 1.97. The van der Waals surface area contributed by atoms with Gasteiger partial charge in [-0.05, 0) is 45.8 Å². The van der Waals surface area contributed by atoms with Crippen LogP contribution >= 0.6 is 0 Å². The van der Waals surface area contributed by atoms with Crippen molar-refractivity contribution < 1.29 is 9.53 Å². The number of carbonyl (C=O) groups is 1. The maximum absolute atomic E-state index is 11.3. The molecular weight excluding hydrogens is 192 g/mol. The molecule has 0 aliphatic carbocycles. The quantitative estimate of drug-likeness (QED) is 0.461. The fourth-order valence-electron chi connectivity index (χ4n) is 1.46. The molecule has 0 radical (unpaired) electrons. The van der Waals surface area contributed by atoms with Gasteiger partial charge in [0.25, 0.3) is 0 Å². The minimum Gasteiger partial charge on any atom is -0.465 e. The second-order valence-electron chi connectivity index (χ2n) is 3.58. The van der Waals surface area contributed by atoms with Crippen LogP contribution in [-0.4, -0.2) is 43.7 Å². The molecule has 2 N–H and O–H groups in total. The Labute approximate surface area is 92.8 Å². The highest BCUT2D eigenvalue weighted by Gasteiger charge is 2.09. The van der Waals surface area contributed by atoms with Crippen molar-refractivity contribution in [3.63, 3.8) is 0 Å². The lowest BCUT2D eigenvalue weighted by Gasteiger charge is -2.20. The molecule has 0 fully saturated rings. The normalized spacial score (nSPS) is 10.7. The Kier molecular flexibility index (Phi) is 9.52. The molecule has 0 saturated carbocycles. The average Bonchev–Trinajstić information content (AvgIpc) is 2.18. The smallest absolute Gasteiger partial charge is 0.320 e. The van der Waals surface area contributed by atoms with Crippen molar-refractivity contribution in [2.75, 3.05) is 32.8 Å². The molecule has 0 aromatic heterocycles. The van der Waals surface area contributed by atoms with Crippen LogP contribution in [0.2, 0.25) is 0 Å².